The van der Waals surface area contributed by atoms with E-state index in [9.17, 15) is 9.50 Å². The fourth-order valence-electron chi connectivity index (χ4n) is 1.86. The predicted molar refractivity (Wildman–Crippen MR) is 45.7 cm³/mol. The lowest BCUT2D eigenvalue weighted by Crippen LogP contribution is -2.26. The maximum atomic E-state index is 12.8. The Kier molecular flexibility index (Phi) is 1.86. The molecule has 0 bridgehead atoms. The van der Waals surface area contributed by atoms with Crippen molar-refractivity contribution >= 4 is 0 Å². The first-order valence-electron chi connectivity index (χ1n) is 4.28. The van der Waals surface area contributed by atoms with E-state index in [0.29, 0.717) is 18.4 Å². The largest absolute Gasteiger partial charge is 0.393 e. The molecule has 1 aromatic rings. The SMILES string of the molecule is OCC1(O)CCc2cc(F)ccc21. The van der Waals surface area contributed by atoms with E-state index < -0.39 is 5.60 Å². The van der Waals surface area contributed by atoms with Gasteiger partial charge in [0.25, 0.3) is 0 Å². The molecule has 0 saturated heterocycles. The molecular formula is C10H11FO2. The summed E-state index contributed by atoms with van der Waals surface area (Å²) in [5, 5.41) is 18.9. The van der Waals surface area contributed by atoms with Gasteiger partial charge < -0.3 is 10.2 Å². The highest BCUT2D eigenvalue weighted by Crippen LogP contribution is 2.36. The number of rotatable bonds is 1. The molecule has 0 radical (unpaired) electrons. The zero-order chi connectivity index (χ0) is 9.47. The Morgan fingerprint density at radius 1 is 1.46 bits per heavy atom. The zero-order valence-electron chi connectivity index (χ0n) is 7.13. The highest BCUT2D eigenvalue weighted by atomic mass is 19.1. The Morgan fingerprint density at radius 3 is 2.92 bits per heavy atom. The summed E-state index contributed by atoms with van der Waals surface area (Å²) in [4.78, 5) is 0. The van der Waals surface area contributed by atoms with Crippen molar-refractivity contribution in [3.63, 3.8) is 0 Å². The molecule has 0 amide bonds. The van der Waals surface area contributed by atoms with Crippen LogP contribution in [0.15, 0.2) is 18.2 Å². The third kappa shape index (κ3) is 1.24. The van der Waals surface area contributed by atoms with Gasteiger partial charge in [-0.05, 0) is 36.1 Å². The van der Waals surface area contributed by atoms with Gasteiger partial charge in [-0.15, -0.1) is 0 Å². The van der Waals surface area contributed by atoms with Gasteiger partial charge in [0.2, 0.25) is 0 Å². The van der Waals surface area contributed by atoms with E-state index in [0.717, 1.165) is 5.56 Å². The van der Waals surface area contributed by atoms with Crippen LogP contribution in [0.2, 0.25) is 0 Å². The number of aliphatic hydroxyl groups is 2. The maximum Gasteiger partial charge on any atom is 0.123 e. The molecule has 1 unspecified atom stereocenters. The first kappa shape index (κ1) is 8.66. The lowest BCUT2D eigenvalue weighted by Gasteiger charge is -2.20. The van der Waals surface area contributed by atoms with Gasteiger partial charge in [0.05, 0.1) is 6.61 Å². The van der Waals surface area contributed by atoms with Gasteiger partial charge in [-0.2, -0.15) is 0 Å². The van der Waals surface area contributed by atoms with Crippen LogP contribution in [0.3, 0.4) is 0 Å². The van der Waals surface area contributed by atoms with Crippen LogP contribution in [0.5, 0.6) is 0 Å². The summed E-state index contributed by atoms with van der Waals surface area (Å²) in [5.41, 5.74) is 0.316. The van der Waals surface area contributed by atoms with Gasteiger partial charge in [0.15, 0.2) is 0 Å². The monoisotopic (exact) mass is 182 g/mol. The standard InChI is InChI=1S/C10H11FO2/c11-8-1-2-9-7(5-8)3-4-10(9,13)6-12/h1-2,5,12-13H,3-4,6H2. The normalized spacial score (nSPS) is 26.1. The molecule has 0 heterocycles. The molecule has 1 aromatic carbocycles. The van der Waals surface area contributed by atoms with Crippen molar-refractivity contribution in [2.45, 2.75) is 18.4 Å². The Hall–Kier alpha value is -0.930. The van der Waals surface area contributed by atoms with Crippen molar-refractivity contribution in [1.82, 2.24) is 0 Å². The molecule has 0 aliphatic heterocycles. The summed E-state index contributed by atoms with van der Waals surface area (Å²) >= 11 is 0. The molecule has 2 nitrogen and oxygen atoms in total. The molecule has 70 valence electrons. The number of benzene rings is 1. The van der Waals surface area contributed by atoms with Crippen LogP contribution in [0.4, 0.5) is 4.39 Å². The van der Waals surface area contributed by atoms with E-state index in [2.05, 4.69) is 0 Å². The lowest BCUT2D eigenvalue weighted by atomic mass is 9.97. The van der Waals surface area contributed by atoms with Crippen LogP contribution in [0.25, 0.3) is 0 Å². The highest BCUT2D eigenvalue weighted by Gasteiger charge is 2.35. The van der Waals surface area contributed by atoms with Gasteiger partial charge in [-0.25, -0.2) is 4.39 Å². The molecule has 13 heavy (non-hydrogen) atoms. The number of hydrogen-bond donors (Lipinski definition) is 2. The molecule has 1 atom stereocenters. The molecule has 1 aliphatic carbocycles. The second kappa shape index (κ2) is 2.79. The van der Waals surface area contributed by atoms with Gasteiger partial charge in [-0.3, -0.25) is 0 Å². The number of aliphatic hydroxyl groups excluding tert-OH is 1. The van der Waals surface area contributed by atoms with Gasteiger partial charge in [-0.1, -0.05) is 6.07 Å². The van der Waals surface area contributed by atoms with Crippen LogP contribution in [-0.2, 0) is 12.0 Å². The van der Waals surface area contributed by atoms with Crippen LogP contribution in [0.1, 0.15) is 17.5 Å². The minimum absolute atomic E-state index is 0.291. The number of aryl methyl sites for hydroxylation is 1. The summed E-state index contributed by atoms with van der Waals surface area (Å²) in [5.74, 6) is -0.291. The molecule has 2 rings (SSSR count). The van der Waals surface area contributed by atoms with Gasteiger partial charge >= 0.3 is 0 Å². The highest BCUT2D eigenvalue weighted by molar-refractivity contribution is 5.37. The van der Waals surface area contributed by atoms with Crippen molar-refractivity contribution in [3.05, 3.63) is 35.1 Å². The van der Waals surface area contributed by atoms with Crippen molar-refractivity contribution in [3.8, 4) is 0 Å². The van der Waals surface area contributed by atoms with Crippen molar-refractivity contribution in [1.29, 1.82) is 0 Å². The average molecular weight is 182 g/mol. The topological polar surface area (TPSA) is 40.5 Å². The average Bonchev–Trinajstić information content (AvgIpc) is 2.45. The molecule has 0 fully saturated rings. The second-order valence-corrected chi connectivity index (χ2v) is 3.49. The van der Waals surface area contributed by atoms with Crippen LogP contribution in [-0.4, -0.2) is 16.8 Å². The van der Waals surface area contributed by atoms with E-state index in [1.54, 1.807) is 6.07 Å². The van der Waals surface area contributed by atoms with Crippen LogP contribution >= 0.6 is 0 Å². The van der Waals surface area contributed by atoms with E-state index in [1.807, 2.05) is 0 Å². The Labute approximate surface area is 75.6 Å². The van der Waals surface area contributed by atoms with Crippen molar-refractivity contribution < 1.29 is 14.6 Å². The molecule has 3 heteroatoms. The molecule has 2 N–H and O–H groups in total. The molecule has 0 spiro atoms. The molecule has 1 aliphatic rings. The third-order valence-corrected chi connectivity index (χ3v) is 2.64. The van der Waals surface area contributed by atoms with Crippen molar-refractivity contribution in [2.75, 3.05) is 6.61 Å². The molecule has 0 saturated carbocycles. The zero-order valence-corrected chi connectivity index (χ0v) is 7.13. The van der Waals surface area contributed by atoms with E-state index in [1.165, 1.54) is 12.1 Å². The predicted octanol–water partition coefficient (Wildman–Crippen LogP) is 0.952. The fourth-order valence-corrected chi connectivity index (χ4v) is 1.86. The smallest absolute Gasteiger partial charge is 0.123 e. The first-order valence-corrected chi connectivity index (χ1v) is 4.28. The van der Waals surface area contributed by atoms with Gasteiger partial charge in [0.1, 0.15) is 11.4 Å². The van der Waals surface area contributed by atoms with E-state index in [-0.39, 0.29) is 12.4 Å². The van der Waals surface area contributed by atoms with E-state index >= 15 is 0 Å². The minimum Gasteiger partial charge on any atom is -0.393 e. The third-order valence-electron chi connectivity index (χ3n) is 2.64. The first-order chi connectivity index (χ1) is 6.15. The summed E-state index contributed by atoms with van der Waals surface area (Å²) in [7, 11) is 0. The Bertz CT molecular complexity index is 338. The summed E-state index contributed by atoms with van der Waals surface area (Å²) in [6.07, 6.45) is 1.10. The quantitative estimate of drug-likeness (QED) is 0.679. The summed E-state index contributed by atoms with van der Waals surface area (Å²) in [6, 6.07) is 4.28. The van der Waals surface area contributed by atoms with E-state index in [4.69, 9.17) is 5.11 Å². The molecule has 0 aromatic heterocycles. The Morgan fingerprint density at radius 2 is 2.23 bits per heavy atom. The van der Waals surface area contributed by atoms with Gasteiger partial charge in [0, 0.05) is 0 Å². The van der Waals surface area contributed by atoms with Crippen molar-refractivity contribution in [2.24, 2.45) is 0 Å². The van der Waals surface area contributed by atoms with Crippen LogP contribution < -0.4 is 0 Å². The number of halogens is 1. The number of fused-ring (bicyclic) bond motifs is 1. The second-order valence-electron chi connectivity index (χ2n) is 3.49. The van der Waals surface area contributed by atoms with Crippen LogP contribution in [0, 0.1) is 5.82 Å². The minimum atomic E-state index is -1.15. The fraction of sp³-hybridized carbons (Fsp3) is 0.400. The summed E-state index contributed by atoms with van der Waals surface area (Å²) in [6.45, 7) is -0.300. The number of hydrogen-bond acceptors (Lipinski definition) is 2. The Balaban J connectivity index is 2.49. The summed E-state index contributed by atoms with van der Waals surface area (Å²) < 4.78 is 12.8. The lowest BCUT2D eigenvalue weighted by molar-refractivity contribution is -0.0172. The molecular weight excluding hydrogens is 171 g/mol. The maximum absolute atomic E-state index is 12.8.